The third-order valence-electron chi connectivity index (χ3n) is 4.75. The van der Waals surface area contributed by atoms with E-state index in [0.29, 0.717) is 5.03 Å². The van der Waals surface area contributed by atoms with Crippen LogP contribution >= 0.6 is 11.8 Å². The Balaban J connectivity index is 2.22. The molecular weight excluding hydrogens is 351 g/mol. The SMILES string of the molecule is C/C=C(\SC(=C(C)CC)c1ccc(F)cc1)[N+](O)(O)NC1CCCCC1. The summed E-state index contributed by atoms with van der Waals surface area (Å²) in [7, 11) is 0. The zero-order valence-corrected chi connectivity index (χ0v) is 16.7. The number of hydroxylamine groups is 2. The van der Waals surface area contributed by atoms with Crippen LogP contribution < -0.4 is 5.43 Å². The molecule has 2 rings (SSSR count). The third-order valence-corrected chi connectivity index (χ3v) is 6.24. The van der Waals surface area contributed by atoms with E-state index in [9.17, 15) is 14.8 Å². The standard InChI is InChI=1S/C20H30FN2O2S/c1-4-15(3)20(16-11-13-17(21)14-12-16)26-19(5-2)23(24,25)22-18-9-7-6-8-10-18/h5,11-14,18,22,24-25H,4,6-10H2,1-3H3/q+1/b19-5-,20-15?. The van der Waals surface area contributed by atoms with Gasteiger partial charge in [-0.05, 0) is 68.6 Å². The molecule has 0 spiro atoms. The highest BCUT2D eigenvalue weighted by atomic mass is 32.2. The molecule has 0 aliphatic heterocycles. The van der Waals surface area contributed by atoms with Crippen molar-refractivity contribution < 1.29 is 19.7 Å². The van der Waals surface area contributed by atoms with E-state index < -0.39 is 4.92 Å². The van der Waals surface area contributed by atoms with E-state index in [2.05, 4.69) is 12.3 Å². The van der Waals surface area contributed by atoms with Crippen LogP contribution in [0.25, 0.3) is 4.91 Å². The first-order valence-corrected chi connectivity index (χ1v) is 10.1. The molecule has 0 unspecified atom stereocenters. The normalized spacial score (nSPS) is 18.0. The maximum Gasteiger partial charge on any atom is 0.256 e. The van der Waals surface area contributed by atoms with Gasteiger partial charge in [0.1, 0.15) is 5.82 Å². The Morgan fingerprint density at radius 1 is 1.23 bits per heavy atom. The van der Waals surface area contributed by atoms with Gasteiger partial charge in [0, 0.05) is 4.91 Å². The summed E-state index contributed by atoms with van der Waals surface area (Å²) in [5, 5.41) is 21.6. The molecule has 0 radical (unpaired) electrons. The molecule has 0 bridgehead atoms. The number of thioether (sulfide) groups is 1. The first kappa shape index (κ1) is 21.1. The molecule has 0 atom stereocenters. The third kappa shape index (κ3) is 5.66. The Morgan fingerprint density at radius 2 is 1.85 bits per heavy atom. The van der Waals surface area contributed by atoms with Gasteiger partial charge < -0.3 is 0 Å². The molecule has 1 aromatic rings. The van der Waals surface area contributed by atoms with E-state index in [1.54, 1.807) is 25.1 Å². The van der Waals surface area contributed by atoms with E-state index in [4.69, 9.17) is 0 Å². The van der Waals surface area contributed by atoms with Gasteiger partial charge in [0.2, 0.25) is 0 Å². The van der Waals surface area contributed by atoms with Gasteiger partial charge >= 0.3 is 0 Å². The highest BCUT2D eigenvalue weighted by molar-refractivity contribution is 8.11. The summed E-state index contributed by atoms with van der Waals surface area (Å²) in [5.74, 6) is -0.285. The van der Waals surface area contributed by atoms with Gasteiger partial charge in [-0.15, -0.1) is 0 Å². The van der Waals surface area contributed by atoms with Crippen LogP contribution in [0.2, 0.25) is 0 Å². The van der Waals surface area contributed by atoms with Gasteiger partial charge in [0.25, 0.3) is 5.03 Å². The lowest BCUT2D eigenvalue weighted by atomic mass is 9.96. The topological polar surface area (TPSA) is 52.5 Å². The monoisotopic (exact) mass is 381 g/mol. The van der Waals surface area contributed by atoms with Crippen LogP contribution in [0.3, 0.4) is 0 Å². The number of benzene rings is 1. The molecule has 0 heterocycles. The molecule has 0 amide bonds. The Hall–Kier alpha value is -1.18. The molecule has 0 saturated heterocycles. The van der Waals surface area contributed by atoms with Gasteiger partial charge in [-0.25, -0.2) is 4.39 Å². The van der Waals surface area contributed by atoms with Crippen LogP contribution in [0.5, 0.6) is 0 Å². The number of quaternary nitrogens is 1. The van der Waals surface area contributed by atoms with Gasteiger partial charge in [-0.1, -0.05) is 49.3 Å². The summed E-state index contributed by atoms with van der Waals surface area (Å²) in [4.78, 5) is -0.412. The molecule has 0 aromatic heterocycles. The second-order valence-corrected chi connectivity index (χ2v) is 7.79. The van der Waals surface area contributed by atoms with Crippen molar-refractivity contribution in [1.82, 2.24) is 5.43 Å². The number of rotatable bonds is 7. The van der Waals surface area contributed by atoms with Crippen LogP contribution in [-0.2, 0) is 0 Å². The van der Waals surface area contributed by atoms with Crippen LogP contribution in [0.1, 0.15) is 64.9 Å². The molecule has 1 aliphatic carbocycles. The predicted octanol–water partition coefficient (Wildman–Crippen LogP) is 5.99. The fourth-order valence-corrected chi connectivity index (χ4v) is 4.19. The zero-order chi connectivity index (χ0) is 19.2. The summed E-state index contributed by atoms with van der Waals surface area (Å²) in [6, 6.07) is 6.38. The van der Waals surface area contributed by atoms with E-state index in [1.807, 2.05) is 6.92 Å². The Bertz CT molecular complexity index is 650. The van der Waals surface area contributed by atoms with Crippen LogP contribution in [0, 0.1) is 5.82 Å². The number of halogens is 1. The lowest BCUT2D eigenvalue weighted by Crippen LogP contribution is -2.56. The molecule has 144 valence electrons. The summed E-state index contributed by atoms with van der Waals surface area (Å²) in [6.45, 7) is 5.85. The van der Waals surface area contributed by atoms with Crippen molar-refractivity contribution in [3.8, 4) is 0 Å². The molecule has 1 fully saturated rings. The van der Waals surface area contributed by atoms with E-state index in [0.717, 1.165) is 48.1 Å². The number of nitrogens with one attached hydrogen (secondary N) is 1. The maximum atomic E-state index is 13.3. The fraction of sp³-hybridized carbons (Fsp3) is 0.500. The molecule has 6 heteroatoms. The molecule has 1 aliphatic rings. The second-order valence-electron chi connectivity index (χ2n) is 6.76. The Morgan fingerprint density at radius 3 is 2.38 bits per heavy atom. The predicted molar refractivity (Wildman–Crippen MR) is 104 cm³/mol. The number of allylic oxidation sites excluding steroid dienone is 2. The number of nitrogens with zero attached hydrogens (tertiary/aromatic N) is 1. The van der Waals surface area contributed by atoms with Crippen molar-refractivity contribution in [3.05, 3.63) is 52.3 Å². The summed E-state index contributed by atoms with van der Waals surface area (Å²) >= 11 is 1.31. The molecule has 1 saturated carbocycles. The van der Waals surface area contributed by atoms with Crippen LogP contribution in [0.4, 0.5) is 4.39 Å². The average molecular weight is 382 g/mol. The van der Waals surface area contributed by atoms with Crippen LogP contribution in [0.15, 0.2) is 40.9 Å². The molecule has 3 N–H and O–H groups in total. The minimum Gasteiger partial charge on any atom is -0.207 e. The maximum absolute atomic E-state index is 13.3. The average Bonchev–Trinajstić information content (AvgIpc) is 2.63. The van der Waals surface area contributed by atoms with E-state index in [-0.39, 0.29) is 11.9 Å². The first-order chi connectivity index (χ1) is 12.4. The van der Waals surface area contributed by atoms with Crippen molar-refractivity contribution >= 4 is 16.7 Å². The first-order valence-electron chi connectivity index (χ1n) is 9.30. The van der Waals surface area contributed by atoms with Gasteiger partial charge in [0.15, 0.2) is 0 Å². The van der Waals surface area contributed by atoms with Gasteiger partial charge in [-0.2, -0.15) is 10.4 Å². The highest BCUT2D eigenvalue weighted by Crippen LogP contribution is 2.39. The lowest BCUT2D eigenvalue weighted by Gasteiger charge is -2.29. The lowest BCUT2D eigenvalue weighted by molar-refractivity contribution is -1.25. The summed E-state index contributed by atoms with van der Waals surface area (Å²) < 4.78 is 13.3. The zero-order valence-electron chi connectivity index (χ0n) is 15.8. The second kappa shape index (κ2) is 9.67. The van der Waals surface area contributed by atoms with Gasteiger partial charge in [0.05, 0.1) is 11.0 Å². The largest absolute Gasteiger partial charge is 0.256 e. The molecule has 26 heavy (non-hydrogen) atoms. The smallest absolute Gasteiger partial charge is 0.207 e. The number of hydrogen-bond acceptors (Lipinski definition) is 4. The van der Waals surface area contributed by atoms with E-state index in [1.165, 1.54) is 30.3 Å². The Labute approximate surface area is 159 Å². The number of hydrogen-bond donors (Lipinski definition) is 3. The van der Waals surface area contributed by atoms with Crippen molar-refractivity contribution in [3.63, 3.8) is 0 Å². The minimum absolute atomic E-state index is 0.0832. The molecule has 4 nitrogen and oxygen atoms in total. The summed E-state index contributed by atoms with van der Waals surface area (Å²) in [6.07, 6.45) is 7.82. The van der Waals surface area contributed by atoms with E-state index >= 15 is 0 Å². The van der Waals surface area contributed by atoms with Gasteiger partial charge in [-0.3, -0.25) is 0 Å². The highest BCUT2D eigenvalue weighted by Gasteiger charge is 2.35. The minimum atomic E-state index is -1.33. The summed E-state index contributed by atoms with van der Waals surface area (Å²) in [5.41, 5.74) is 4.92. The quantitative estimate of drug-likeness (QED) is 0.401. The Kier molecular flexibility index (Phi) is 7.85. The van der Waals surface area contributed by atoms with Crippen molar-refractivity contribution in [2.75, 3.05) is 0 Å². The molecular formula is C20H30FN2O2S+. The fourth-order valence-electron chi connectivity index (χ4n) is 3.11. The van der Waals surface area contributed by atoms with Crippen LogP contribution in [-0.4, -0.2) is 21.4 Å². The molecule has 1 aromatic carbocycles. The van der Waals surface area contributed by atoms with Crippen molar-refractivity contribution in [2.45, 2.75) is 65.3 Å². The van der Waals surface area contributed by atoms with Crippen molar-refractivity contribution in [2.24, 2.45) is 0 Å². The van der Waals surface area contributed by atoms with Crippen molar-refractivity contribution in [1.29, 1.82) is 0 Å².